The van der Waals surface area contributed by atoms with Crippen molar-refractivity contribution in [1.29, 1.82) is 0 Å². The first-order valence-electron chi connectivity index (χ1n) is 8.91. The zero-order chi connectivity index (χ0) is 17.5. The highest BCUT2D eigenvalue weighted by Gasteiger charge is 2.34. The van der Waals surface area contributed by atoms with Crippen LogP contribution in [-0.2, 0) is 6.54 Å². The van der Waals surface area contributed by atoms with Crippen molar-refractivity contribution in [2.24, 2.45) is 5.41 Å². The Bertz CT molecular complexity index is 665. The molecule has 0 radical (unpaired) electrons. The van der Waals surface area contributed by atoms with E-state index in [-0.39, 0.29) is 17.9 Å². The van der Waals surface area contributed by atoms with Gasteiger partial charge in [0.2, 0.25) is 0 Å². The average molecular weight is 338 g/mol. The second kappa shape index (κ2) is 8.28. The molecular formula is C21H26N2O2. The Morgan fingerprint density at radius 1 is 1.00 bits per heavy atom. The summed E-state index contributed by atoms with van der Waals surface area (Å²) in [5.41, 5.74) is 1.77. The maximum absolute atomic E-state index is 12.2. The molecule has 0 unspecified atom stereocenters. The third kappa shape index (κ3) is 4.68. The fourth-order valence-electron chi connectivity index (χ4n) is 3.38. The summed E-state index contributed by atoms with van der Waals surface area (Å²) in [6.07, 6.45) is 1.79. The van der Waals surface area contributed by atoms with Crippen LogP contribution >= 0.6 is 0 Å². The van der Waals surface area contributed by atoms with Gasteiger partial charge in [0.15, 0.2) is 0 Å². The highest BCUT2D eigenvalue weighted by atomic mass is 16.3. The molecule has 0 spiro atoms. The normalized spacial score (nSPS) is 17.2. The monoisotopic (exact) mass is 338 g/mol. The minimum absolute atomic E-state index is 0.0693. The molecule has 1 aliphatic heterocycles. The lowest BCUT2D eigenvalue weighted by Gasteiger charge is -2.40. The van der Waals surface area contributed by atoms with Crippen molar-refractivity contribution in [2.75, 3.05) is 26.2 Å². The summed E-state index contributed by atoms with van der Waals surface area (Å²) in [5, 5.41) is 12.9. The first-order valence-corrected chi connectivity index (χ1v) is 8.91. The zero-order valence-corrected chi connectivity index (χ0v) is 14.5. The maximum Gasteiger partial charge on any atom is 0.251 e. The van der Waals surface area contributed by atoms with Crippen molar-refractivity contribution in [3.05, 3.63) is 71.8 Å². The number of carbonyl (C=O) groups is 1. The smallest absolute Gasteiger partial charge is 0.251 e. The number of likely N-dealkylation sites (tertiary alicyclic amines) is 1. The number of benzene rings is 2. The van der Waals surface area contributed by atoms with E-state index in [1.165, 1.54) is 5.56 Å². The molecule has 0 bridgehead atoms. The van der Waals surface area contributed by atoms with Gasteiger partial charge in [-0.1, -0.05) is 48.5 Å². The Morgan fingerprint density at radius 3 is 2.20 bits per heavy atom. The van der Waals surface area contributed by atoms with Gasteiger partial charge in [0.25, 0.3) is 5.91 Å². The van der Waals surface area contributed by atoms with Crippen molar-refractivity contribution in [3.63, 3.8) is 0 Å². The Balaban J connectivity index is 1.52. The number of aliphatic hydroxyl groups is 1. The predicted octanol–water partition coefficient (Wildman–Crippen LogP) is 2.69. The fourth-order valence-corrected chi connectivity index (χ4v) is 3.38. The van der Waals surface area contributed by atoms with Crippen LogP contribution in [0.5, 0.6) is 0 Å². The summed E-state index contributed by atoms with van der Waals surface area (Å²) in [7, 11) is 0. The standard InChI is InChI=1S/C21H26N2O2/c24-17-21(16-22-20(25)19-9-5-2-6-10-19)11-13-23(14-12-21)15-18-7-3-1-4-8-18/h1-10,24H,11-17H2,(H,22,25). The number of carbonyl (C=O) groups excluding carboxylic acids is 1. The molecule has 1 aliphatic rings. The van der Waals surface area contributed by atoms with Crippen LogP contribution < -0.4 is 5.32 Å². The van der Waals surface area contributed by atoms with E-state index in [4.69, 9.17) is 0 Å². The molecule has 1 amide bonds. The van der Waals surface area contributed by atoms with E-state index in [9.17, 15) is 9.90 Å². The van der Waals surface area contributed by atoms with Gasteiger partial charge in [-0.05, 0) is 43.6 Å². The molecule has 2 aromatic carbocycles. The van der Waals surface area contributed by atoms with Crippen LogP contribution in [0.4, 0.5) is 0 Å². The Labute approximate surface area is 149 Å². The average Bonchev–Trinajstić information content (AvgIpc) is 2.69. The lowest BCUT2D eigenvalue weighted by atomic mass is 9.79. The van der Waals surface area contributed by atoms with Gasteiger partial charge < -0.3 is 10.4 Å². The molecule has 0 aliphatic carbocycles. The van der Waals surface area contributed by atoms with Crippen molar-refractivity contribution < 1.29 is 9.90 Å². The summed E-state index contributed by atoms with van der Waals surface area (Å²) in [6.45, 7) is 3.46. The number of hydrogen-bond donors (Lipinski definition) is 2. The van der Waals surface area contributed by atoms with Crippen LogP contribution in [0.2, 0.25) is 0 Å². The minimum atomic E-state index is -0.211. The Hall–Kier alpha value is -2.17. The van der Waals surface area contributed by atoms with Crippen LogP contribution in [0.15, 0.2) is 60.7 Å². The summed E-state index contributed by atoms with van der Waals surface area (Å²) < 4.78 is 0. The molecule has 2 N–H and O–H groups in total. The molecule has 0 atom stereocenters. The Morgan fingerprint density at radius 2 is 1.60 bits per heavy atom. The van der Waals surface area contributed by atoms with Crippen LogP contribution in [0, 0.1) is 5.41 Å². The summed E-state index contributed by atoms with van der Waals surface area (Å²) in [4.78, 5) is 14.7. The van der Waals surface area contributed by atoms with Gasteiger partial charge in [-0.25, -0.2) is 0 Å². The summed E-state index contributed by atoms with van der Waals surface area (Å²) in [6, 6.07) is 19.7. The number of hydrogen-bond acceptors (Lipinski definition) is 3. The zero-order valence-electron chi connectivity index (χ0n) is 14.5. The van der Waals surface area contributed by atoms with Crippen molar-refractivity contribution >= 4 is 5.91 Å². The number of rotatable bonds is 6. The number of piperidine rings is 1. The lowest BCUT2D eigenvalue weighted by Crippen LogP contribution is -2.48. The quantitative estimate of drug-likeness (QED) is 0.851. The van der Waals surface area contributed by atoms with Crippen LogP contribution in [0.3, 0.4) is 0 Å². The van der Waals surface area contributed by atoms with Crippen LogP contribution in [0.1, 0.15) is 28.8 Å². The van der Waals surface area contributed by atoms with Gasteiger partial charge in [0, 0.05) is 24.1 Å². The molecule has 132 valence electrons. The maximum atomic E-state index is 12.2. The van der Waals surface area contributed by atoms with E-state index in [1.807, 2.05) is 36.4 Å². The second-order valence-electron chi connectivity index (χ2n) is 6.97. The molecule has 4 nitrogen and oxygen atoms in total. The number of aliphatic hydroxyl groups excluding tert-OH is 1. The Kier molecular flexibility index (Phi) is 5.84. The first-order chi connectivity index (χ1) is 12.2. The predicted molar refractivity (Wildman–Crippen MR) is 99.2 cm³/mol. The van der Waals surface area contributed by atoms with E-state index in [0.717, 1.165) is 32.5 Å². The molecule has 25 heavy (non-hydrogen) atoms. The van der Waals surface area contributed by atoms with E-state index in [1.54, 1.807) is 0 Å². The molecule has 3 rings (SSSR count). The van der Waals surface area contributed by atoms with Crippen molar-refractivity contribution in [3.8, 4) is 0 Å². The van der Waals surface area contributed by atoms with E-state index < -0.39 is 0 Å². The molecule has 4 heteroatoms. The third-order valence-corrected chi connectivity index (χ3v) is 5.16. The largest absolute Gasteiger partial charge is 0.396 e. The number of amides is 1. The molecule has 0 saturated carbocycles. The minimum Gasteiger partial charge on any atom is -0.396 e. The van der Waals surface area contributed by atoms with E-state index >= 15 is 0 Å². The SMILES string of the molecule is O=C(NCC1(CO)CCN(Cc2ccccc2)CC1)c1ccccc1. The van der Waals surface area contributed by atoms with Crippen LogP contribution in [-0.4, -0.2) is 42.2 Å². The van der Waals surface area contributed by atoms with Gasteiger partial charge in [0.1, 0.15) is 0 Å². The molecular weight excluding hydrogens is 312 g/mol. The van der Waals surface area contributed by atoms with Gasteiger partial charge in [0.05, 0.1) is 6.61 Å². The second-order valence-corrected chi connectivity index (χ2v) is 6.97. The van der Waals surface area contributed by atoms with Crippen LogP contribution in [0.25, 0.3) is 0 Å². The van der Waals surface area contributed by atoms with Gasteiger partial charge in [-0.2, -0.15) is 0 Å². The fraction of sp³-hybridized carbons (Fsp3) is 0.381. The number of nitrogens with zero attached hydrogens (tertiary/aromatic N) is 1. The highest BCUT2D eigenvalue weighted by Crippen LogP contribution is 2.31. The molecule has 0 aromatic heterocycles. The summed E-state index contributed by atoms with van der Waals surface area (Å²) in [5.74, 6) is -0.0693. The summed E-state index contributed by atoms with van der Waals surface area (Å²) >= 11 is 0. The third-order valence-electron chi connectivity index (χ3n) is 5.16. The molecule has 1 saturated heterocycles. The van der Waals surface area contributed by atoms with Gasteiger partial charge in [-0.3, -0.25) is 9.69 Å². The van der Waals surface area contributed by atoms with Gasteiger partial charge >= 0.3 is 0 Å². The topological polar surface area (TPSA) is 52.6 Å². The molecule has 1 heterocycles. The number of nitrogens with one attached hydrogen (secondary N) is 1. The van der Waals surface area contributed by atoms with Crippen molar-refractivity contribution in [2.45, 2.75) is 19.4 Å². The van der Waals surface area contributed by atoms with Gasteiger partial charge in [-0.15, -0.1) is 0 Å². The molecule has 2 aromatic rings. The van der Waals surface area contributed by atoms with E-state index in [2.05, 4.69) is 34.5 Å². The van der Waals surface area contributed by atoms with Crippen molar-refractivity contribution in [1.82, 2.24) is 10.2 Å². The molecule has 1 fully saturated rings. The van der Waals surface area contributed by atoms with E-state index in [0.29, 0.717) is 12.1 Å². The lowest BCUT2D eigenvalue weighted by molar-refractivity contribution is 0.0400. The highest BCUT2D eigenvalue weighted by molar-refractivity contribution is 5.94. The first kappa shape index (κ1) is 17.6.